The van der Waals surface area contributed by atoms with E-state index in [0.717, 1.165) is 5.57 Å². The third-order valence-corrected chi connectivity index (χ3v) is 1.00. The Balaban J connectivity index is 3.70. The lowest BCUT2D eigenvalue weighted by Gasteiger charge is -1.96. The van der Waals surface area contributed by atoms with Gasteiger partial charge in [0.1, 0.15) is 0 Å². The van der Waals surface area contributed by atoms with Crippen molar-refractivity contribution in [2.24, 2.45) is 0 Å². The van der Waals surface area contributed by atoms with Gasteiger partial charge in [-0.1, -0.05) is 11.6 Å². The van der Waals surface area contributed by atoms with E-state index in [-0.39, 0.29) is 6.42 Å². The molecule has 2 nitrogen and oxygen atoms in total. The van der Waals surface area contributed by atoms with Crippen LogP contribution in [-0.2, 0) is 4.79 Å². The fraction of sp³-hybridized carbons (Fsp3) is 0.571. The van der Waals surface area contributed by atoms with Gasteiger partial charge in [0.2, 0.25) is 6.17 Å². The van der Waals surface area contributed by atoms with E-state index >= 15 is 0 Å². The van der Waals surface area contributed by atoms with Crippen LogP contribution in [-0.4, -0.2) is 17.2 Å². The predicted molar refractivity (Wildman–Crippen MR) is 36.6 cm³/mol. The number of allylic oxidation sites excluding steroid dienone is 2. The number of aliphatic carboxylic acids is 1. The van der Waals surface area contributed by atoms with Gasteiger partial charge < -0.3 is 5.11 Å². The number of carboxylic acids is 1. The summed E-state index contributed by atoms with van der Waals surface area (Å²) in [7, 11) is 0. The van der Waals surface area contributed by atoms with Crippen molar-refractivity contribution in [3.63, 3.8) is 0 Å². The normalized spacial score (nSPS) is 12.3. The first-order valence-electron chi connectivity index (χ1n) is 3.04. The molecule has 10 heavy (non-hydrogen) atoms. The van der Waals surface area contributed by atoms with Crippen LogP contribution in [0.15, 0.2) is 11.6 Å². The van der Waals surface area contributed by atoms with Crippen LogP contribution in [0.3, 0.4) is 0 Å². The summed E-state index contributed by atoms with van der Waals surface area (Å²) >= 11 is 0. The Bertz CT molecular complexity index is 148. The minimum atomic E-state index is -1.75. The summed E-state index contributed by atoms with van der Waals surface area (Å²) < 4.78 is 12.2. The molecule has 0 aliphatic carbocycles. The maximum Gasteiger partial charge on any atom is 0.338 e. The smallest absolute Gasteiger partial charge is 0.338 e. The molecule has 0 aromatic heterocycles. The van der Waals surface area contributed by atoms with Gasteiger partial charge in [-0.25, -0.2) is 9.18 Å². The highest BCUT2D eigenvalue weighted by Gasteiger charge is 2.12. The summed E-state index contributed by atoms with van der Waals surface area (Å²) in [5.74, 6) is -1.39. The third-order valence-electron chi connectivity index (χ3n) is 1.00. The molecule has 0 spiro atoms. The Labute approximate surface area is 59.4 Å². The van der Waals surface area contributed by atoms with E-state index in [9.17, 15) is 9.18 Å². The van der Waals surface area contributed by atoms with Crippen LogP contribution in [0.1, 0.15) is 20.3 Å². The number of hydrogen-bond acceptors (Lipinski definition) is 1. The molecule has 0 bridgehead atoms. The van der Waals surface area contributed by atoms with Crippen molar-refractivity contribution in [2.45, 2.75) is 26.4 Å². The van der Waals surface area contributed by atoms with E-state index in [1.165, 1.54) is 0 Å². The second kappa shape index (κ2) is 4.04. The van der Waals surface area contributed by atoms with Crippen LogP contribution in [0.25, 0.3) is 0 Å². The van der Waals surface area contributed by atoms with E-state index < -0.39 is 12.1 Å². The zero-order valence-corrected chi connectivity index (χ0v) is 6.10. The van der Waals surface area contributed by atoms with Gasteiger partial charge in [0.15, 0.2) is 0 Å². The van der Waals surface area contributed by atoms with E-state index in [1.807, 2.05) is 0 Å². The van der Waals surface area contributed by atoms with E-state index in [2.05, 4.69) is 0 Å². The Hall–Kier alpha value is -0.860. The maximum atomic E-state index is 12.2. The largest absolute Gasteiger partial charge is 0.479 e. The summed E-state index contributed by atoms with van der Waals surface area (Å²) in [5, 5.41) is 8.09. The van der Waals surface area contributed by atoms with E-state index in [0.29, 0.717) is 0 Å². The second-order valence-electron chi connectivity index (χ2n) is 2.32. The standard InChI is InChI=1S/C7H11FO2/c1-5(2)3-4-6(8)7(9)10/h3,6H,4H2,1-2H3,(H,9,10)/t6-/m1/s1. The number of hydrogen-bond donors (Lipinski definition) is 1. The average molecular weight is 146 g/mol. The Morgan fingerprint density at radius 1 is 1.70 bits per heavy atom. The zero-order chi connectivity index (χ0) is 8.15. The molecule has 0 fully saturated rings. The van der Waals surface area contributed by atoms with Crippen molar-refractivity contribution in [2.75, 3.05) is 0 Å². The van der Waals surface area contributed by atoms with E-state index in [1.54, 1.807) is 19.9 Å². The Morgan fingerprint density at radius 3 is 2.50 bits per heavy atom. The highest BCUT2D eigenvalue weighted by Crippen LogP contribution is 2.01. The molecule has 0 aliphatic heterocycles. The van der Waals surface area contributed by atoms with Gasteiger partial charge in [-0.15, -0.1) is 0 Å². The molecule has 0 saturated carbocycles. The fourth-order valence-corrected chi connectivity index (χ4v) is 0.440. The molecule has 0 rings (SSSR count). The molecule has 0 amide bonds. The lowest BCUT2D eigenvalue weighted by Crippen LogP contribution is -2.12. The van der Waals surface area contributed by atoms with Crippen LogP contribution in [0.4, 0.5) is 4.39 Å². The summed E-state index contributed by atoms with van der Waals surface area (Å²) in [6, 6.07) is 0. The minimum Gasteiger partial charge on any atom is -0.479 e. The Kier molecular flexibility index (Phi) is 3.69. The quantitative estimate of drug-likeness (QED) is 0.616. The van der Waals surface area contributed by atoms with Crippen LogP contribution in [0.2, 0.25) is 0 Å². The van der Waals surface area contributed by atoms with Crippen molar-refractivity contribution < 1.29 is 14.3 Å². The topological polar surface area (TPSA) is 37.3 Å². The van der Waals surface area contributed by atoms with Gasteiger partial charge in [0, 0.05) is 6.42 Å². The molecule has 3 heteroatoms. The molecule has 0 aliphatic rings. The molecule has 0 aromatic rings. The van der Waals surface area contributed by atoms with E-state index in [4.69, 9.17) is 5.11 Å². The number of rotatable bonds is 3. The van der Waals surface area contributed by atoms with Crippen molar-refractivity contribution in [3.8, 4) is 0 Å². The number of halogens is 1. The van der Waals surface area contributed by atoms with Gasteiger partial charge in [0.05, 0.1) is 0 Å². The summed E-state index contributed by atoms with van der Waals surface area (Å²) in [4.78, 5) is 9.91. The molecule has 0 aromatic carbocycles. The first-order chi connectivity index (χ1) is 4.54. The van der Waals surface area contributed by atoms with Gasteiger partial charge in [0.25, 0.3) is 0 Å². The number of carbonyl (C=O) groups is 1. The molecule has 0 unspecified atom stereocenters. The second-order valence-corrected chi connectivity index (χ2v) is 2.32. The van der Waals surface area contributed by atoms with Gasteiger partial charge >= 0.3 is 5.97 Å². The van der Waals surface area contributed by atoms with Crippen LogP contribution < -0.4 is 0 Å². The van der Waals surface area contributed by atoms with Gasteiger partial charge in [-0.2, -0.15) is 0 Å². The molecular weight excluding hydrogens is 135 g/mol. The molecule has 0 saturated heterocycles. The molecular formula is C7H11FO2. The lowest BCUT2D eigenvalue weighted by atomic mass is 10.2. The fourth-order valence-electron chi connectivity index (χ4n) is 0.440. The summed E-state index contributed by atoms with van der Waals surface area (Å²) in [5.41, 5.74) is 0.934. The SMILES string of the molecule is CC(C)=CC[C@@H](F)C(=O)O. The van der Waals surface area contributed by atoms with Crippen molar-refractivity contribution in [3.05, 3.63) is 11.6 Å². The maximum absolute atomic E-state index is 12.2. The zero-order valence-electron chi connectivity index (χ0n) is 6.10. The molecule has 0 radical (unpaired) electrons. The highest BCUT2D eigenvalue weighted by atomic mass is 19.1. The molecule has 1 N–H and O–H groups in total. The first-order valence-corrected chi connectivity index (χ1v) is 3.04. The predicted octanol–water partition coefficient (Wildman–Crippen LogP) is 1.77. The molecule has 58 valence electrons. The van der Waals surface area contributed by atoms with Gasteiger partial charge in [-0.05, 0) is 13.8 Å². The average Bonchev–Trinajstić information content (AvgIpc) is 1.82. The molecule has 0 heterocycles. The van der Waals surface area contributed by atoms with Crippen molar-refractivity contribution in [1.29, 1.82) is 0 Å². The van der Waals surface area contributed by atoms with Crippen molar-refractivity contribution >= 4 is 5.97 Å². The highest BCUT2D eigenvalue weighted by molar-refractivity contribution is 5.72. The number of carboxylic acid groups (broad SMARTS) is 1. The monoisotopic (exact) mass is 146 g/mol. The van der Waals surface area contributed by atoms with Crippen LogP contribution >= 0.6 is 0 Å². The van der Waals surface area contributed by atoms with Crippen LogP contribution in [0, 0.1) is 0 Å². The molecule has 1 atom stereocenters. The lowest BCUT2D eigenvalue weighted by molar-refractivity contribution is -0.142. The Morgan fingerprint density at radius 2 is 2.20 bits per heavy atom. The van der Waals surface area contributed by atoms with Crippen LogP contribution in [0.5, 0.6) is 0 Å². The first kappa shape index (κ1) is 9.14. The van der Waals surface area contributed by atoms with Gasteiger partial charge in [-0.3, -0.25) is 0 Å². The summed E-state index contributed by atoms with van der Waals surface area (Å²) in [6.07, 6.45) is -0.217. The van der Waals surface area contributed by atoms with Crippen molar-refractivity contribution in [1.82, 2.24) is 0 Å². The third kappa shape index (κ3) is 4.06. The number of alkyl halides is 1. The minimum absolute atomic E-state index is 0.0301. The summed E-state index contributed by atoms with van der Waals surface area (Å²) in [6.45, 7) is 3.60.